The Labute approximate surface area is 114 Å². The summed E-state index contributed by atoms with van der Waals surface area (Å²) >= 11 is 0. The first-order chi connectivity index (χ1) is 9.33. The maximum Gasteiger partial charge on any atom is 0.0584 e. The first kappa shape index (κ1) is 13.7. The van der Waals surface area contributed by atoms with Gasteiger partial charge in [0, 0.05) is 25.0 Å². The van der Waals surface area contributed by atoms with Crippen molar-refractivity contribution in [3.05, 3.63) is 54.4 Å². The Balaban J connectivity index is 2.07. The average Bonchev–Trinajstić information content (AvgIpc) is 2.49. The van der Waals surface area contributed by atoms with E-state index < -0.39 is 0 Å². The largest absolute Gasteiger partial charge is 0.395 e. The molecule has 3 nitrogen and oxygen atoms in total. The van der Waals surface area contributed by atoms with E-state index in [1.54, 1.807) is 6.20 Å². The predicted molar refractivity (Wildman–Crippen MR) is 77.7 cm³/mol. The van der Waals surface area contributed by atoms with Crippen LogP contribution in [0, 0.1) is 0 Å². The van der Waals surface area contributed by atoms with Crippen LogP contribution in [0.2, 0.25) is 0 Å². The second kappa shape index (κ2) is 7.02. The molecule has 0 amide bonds. The van der Waals surface area contributed by atoms with Gasteiger partial charge in [-0.15, -0.1) is 0 Å². The molecule has 0 saturated heterocycles. The fourth-order valence-electron chi connectivity index (χ4n) is 1.99. The molecule has 1 aromatic heterocycles. The first-order valence-electron chi connectivity index (χ1n) is 6.67. The normalized spacial score (nSPS) is 12.3. The molecule has 1 unspecified atom stereocenters. The number of aromatic nitrogens is 1. The van der Waals surface area contributed by atoms with Gasteiger partial charge in [-0.3, -0.25) is 4.98 Å². The van der Waals surface area contributed by atoms with Gasteiger partial charge in [-0.2, -0.15) is 0 Å². The zero-order valence-corrected chi connectivity index (χ0v) is 11.2. The van der Waals surface area contributed by atoms with Gasteiger partial charge in [0.15, 0.2) is 0 Å². The van der Waals surface area contributed by atoms with Gasteiger partial charge in [0.25, 0.3) is 0 Å². The van der Waals surface area contributed by atoms with Crippen LogP contribution < -0.4 is 5.32 Å². The Morgan fingerprint density at radius 3 is 2.74 bits per heavy atom. The quantitative estimate of drug-likeness (QED) is 0.835. The molecule has 0 aliphatic rings. The molecule has 19 heavy (non-hydrogen) atoms. The summed E-state index contributed by atoms with van der Waals surface area (Å²) < 4.78 is 0. The Kier molecular flexibility index (Phi) is 5.07. The number of aliphatic hydroxyl groups excluding tert-OH is 1. The molecule has 1 atom stereocenters. The summed E-state index contributed by atoms with van der Waals surface area (Å²) in [6.07, 6.45) is 4.58. The lowest BCUT2D eigenvalue weighted by Gasteiger charge is -2.14. The van der Waals surface area contributed by atoms with E-state index in [0.717, 1.165) is 18.5 Å². The molecule has 100 valence electrons. The number of pyridine rings is 1. The van der Waals surface area contributed by atoms with Gasteiger partial charge >= 0.3 is 0 Å². The standard InChI is InChI=1S/C16H20N2O/c1-2-16(12-19)18-10-13-5-3-6-14(9-13)15-7-4-8-17-11-15/h3-9,11,16,18-19H,2,10,12H2,1H3. The second-order valence-electron chi connectivity index (χ2n) is 4.61. The van der Waals surface area contributed by atoms with Gasteiger partial charge in [0.2, 0.25) is 0 Å². The molecule has 1 heterocycles. The number of hydrogen-bond acceptors (Lipinski definition) is 3. The van der Waals surface area contributed by atoms with Crippen LogP contribution in [0.15, 0.2) is 48.8 Å². The van der Waals surface area contributed by atoms with Crippen molar-refractivity contribution in [3.63, 3.8) is 0 Å². The molecule has 3 heteroatoms. The Morgan fingerprint density at radius 1 is 1.21 bits per heavy atom. The SMILES string of the molecule is CCC(CO)NCc1cccc(-c2cccnc2)c1. The van der Waals surface area contributed by atoms with Crippen molar-refractivity contribution in [2.45, 2.75) is 25.9 Å². The van der Waals surface area contributed by atoms with Gasteiger partial charge in [0.1, 0.15) is 0 Å². The van der Waals surface area contributed by atoms with Crippen LogP contribution in [0.25, 0.3) is 11.1 Å². The fourth-order valence-corrected chi connectivity index (χ4v) is 1.99. The molecule has 0 fully saturated rings. The topological polar surface area (TPSA) is 45.1 Å². The molecule has 0 aliphatic carbocycles. The predicted octanol–water partition coefficient (Wildman–Crippen LogP) is 2.61. The van der Waals surface area contributed by atoms with Gasteiger partial charge in [-0.05, 0) is 35.2 Å². The number of hydrogen-bond donors (Lipinski definition) is 2. The van der Waals surface area contributed by atoms with Crippen LogP contribution in [0.5, 0.6) is 0 Å². The monoisotopic (exact) mass is 256 g/mol. The first-order valence-corrected chi connectivity index (χ1v) is 6.67. The molecule has 2 aromatic rings. The van der Waals surface area contributed by atoms with E-state index in [9.17, 15) is 0 Å². The summed E-state index contributed by atoms with van der Waals surface area (Å²) in [7, 11) is 0. The highest BCUT2D eigenvalue weighted by Crippen LogP contribution is 2.19. The Morgan fingerprint density at radius 2 is 2.05 bits per heavy atom. The molecular weight excluding hydrogens is 236 g/mol. The third kappa shape index (κ3) is 3.88. The van der Waals surface area contributed by atoms with Gasteiger partial charge < -0.3 is 10.4 Å². The molecule has 0 aliphatic heterocycles. The maximum atomic E-state index is 9.17. The van der Waals surface area contributed by atoms with E-state index in [4.69, 9.17) is 5.11 Å². The lowest BCUT2D eigenvalue weighted by molar-refractivity contribution is 0.238. The lowest BCUT2D eigenvalue weighted by atomic mass is 10.0. The minimum atomic E-state index is 0.169. The highest BCUT2D eigenvalue weighted by Gasteiger charge is 2.04. The van der Waals surface area contributed by atoms with Crippen molar-refractivity contribution >= 4 is 0 Å². The van der Waals surface area contributed by atoms with E-state index in [1.807, 2.05) is 12.3 Å². The summed E-state index contributed by atoms with van der Waals surface area (Å²) in [5, 5.41) is 12.5. The van der Waals surface area contributed by atoms with Crippen LogP contribution in [0.4, 0.5) is 0 Å². The molecule has 2 N–H and O–H groups in total. The Hall–Kier alpha value is -1.71. The summed E-state index contributed by atoms with van der Waals surface area (Å²) in [6, 6.07) is 12.6. The Bertz CT molecular complexity index is 495. The average molecular weight is 256 g/mol. The van der Waals surface area contributed by atoms with Gasteiger partial charge in [0.05, 0.1) is 6.61 Å². The summed E-state index contributed by atoms with van der Waals surface area (Å²) in [5.41, 5.74) is 3.51. The third-order valence-corrected chi connectivity index (χ3v) is 3.23. The minimum Gasteiger partial charge on any atom is -0.395 e. The smallest absolute Gasteiger partial charge is 0.0584 e. The van der Waals surface area contributed by atoms with Gasteiger partial charge in [-0.25, -0.2) is 0 Å². The number of nitrogens with one attached hydrogen (secondary N) is 1. The van der Waals surface area contributed by atoms with Crippen molar-refractivity contribution in [1.82, 2.24) is 10.3 Å². The molecule has 2 rings (SSSR count). The zero-order valence-electron chi connectivity index (χ0n) is 11.2. The number of rotatable bonds is 6. The number of nitrogens with zero attached hydrogens (tertiary/aromatic N) is 1. The minimum absolute atomic E-state index is 0.169. The van der Waals surface area contributed by atoms with E-state index in [-0.39, 0.29) is 12.6 Å². The van der Waals surface area contributed by atoms with Crippen LogP contribution in [0.1, 0.15) is 18.9 Å². The maximum absolute atomic E-state index is 9.17. The van der Waals surface area contributed by atoms with Crippen molar-refractivity contribution < 1.29 is 5.11 Å². The van der Waals surface area contributed by atoms with Gasteiger partial charge in [-0.1, -0.05) is 31.2 Å². The lowest BCUT2D eigenvalue weighted by Crippen LogP contribution is -2.31. The van der Waals surface area contributed by atoms with E-state index in [0.29, 0.717) is 0 Å². The highest BCUT2D eigenvalue weighted by molar-refractivity contribution is 5.62. The molecule has 0 radical (unpaired) electrons. The third-order valence-electron chi connectivity index (χ3n) is 3.23. The highest BCUT2D eigenvalue weighted by atomic mass is 16.3. The van der Waals surface area contributed by atoms with Crippen LogP contribution >= 0.6 is 0 Å². The molecule has 1 aromatic carbocycles. The van der Waals surface area contributed by atoms with E-state index in [2.05, 4.69) is 47.6 Å². The summed E-state index contributed by atoms with van der Waals surface area (Å²) in [4.78, 5) is 4.14. The van der Waals surface area contributed by atoms with E-state index >= 15 is 0 Å². The summed E-state index contributed by atoms with van der Waals surface area (Å²) in [5.74, 6) is 0. The van der Waals surface area contributed by atoms with Crippen molar-refractivity contribution in [2.24, 2.45) is 0 Å². The van der Waals surface area contributed by atoms with Crippen LogP contribution in [-0.2, 0) is 6.54 Å². The zero-order chi connectivity index (χ0) is 13.5. The molecule has 0 bridgehead atoms. The van der Waals surface area contributed by atoms with Crippen molar-refractivity contribution in [2.75, 3.05) is 6.61 Å². The second-order valence-corrected chi connectivity index (χ2v) is 4.61. The van der Waals surface area contributed by atoms with Crippen LogP contribution in [0.3, 0.4) is 0 Å². The van der Waals surface area contributed by atoms with Crippen LogP contribution in [-0.4, -0.2) is 22.7 Å². The summed E-state index contributed by atoms with van der Waals surface area (Å²) in [6.45, 7) is 3.02. The van der Waals surface area contributed by atoms with Crippen molar-refractivity contribution in [3.8, 4) is 11.1 Å². The molecule has 0 spiro atoms. The number of benzene rings is 1. The van der Waals surface area contributed by atoms with E-state index in [1.165, 1.54) is 11.1 Å². The van der Waals surface area contributed by atoms with Crippen molar-refractivity contribution in [1.29, 1.82) is 0 Å². The fraction of sp³-hybridized carbons (Fsp3) is 0.312. The molecular formula is C16H20N2O. The molecule has 0 saturated carbocycles. The number of aliphatic hydroxyl groups is 1.